The largest absolute Gasteiger partial charge is 0.350 e. The molecule has 39 heavy (non-hydrogen) atoms. The van der Waals surface area contributed by atoms with Crippen LogP contribution in [0.4, 0.5) is 10.1 Å². The first kappa shape index (κ1) is 28.2. The molecule has 4 rings (SSSR count). The summed E-state index contributed by atoms with van der Waals surface area (Å²) < 4.78 is 13.2. The second-order valence-electron chi connectivity index (χ2n) is 10.5. The van der Waals surface area contributed by atoms with Gasteiger partial charge in [0.15, 0.2) is 0 Å². The molecule has 0 radical (unpaired) electrons. The van der Waals surface area contributed by atoms with Crippen LogP contribution in [0.25, 0.3) is 0 Å². The molecule has 4 amide bonds. The van der Waals surface area contributed by atoms with Crippen LogP contribution in [0.1, 0.15) is 38.7 Å². The number of rotatable bonds is 11. The van der Waals surface area contributed by atoms with Gasteiger partial charge < -0.3 is 26.2 Å². The SMILES string of the molecule is C[C@H](C[C@H](N)[C@H](Cc1ccccc1)NC(=O)[C@H](C)N1CCN(C2CC2)C(=O)C1=O)C(=O)Nc1ccc(F)cc1. The fourth-order valence-corrected chi connectivity index (χ4v) is 4.87. The van der Waals surface area contributed by atoms with Gasteiger partial charge in [-0.3, -0.25) is 19.2 Å². The number of carbonyl (C=O) groups is 4. The van der Waals surface area contributed by atoms with E-state index in [0.717, 1.165) is 18.4 Å². The summed E-state index contributed by atoms with van der Waals surface area (Å²) in [7, 11) is 0. The summed E-state index contributed by atoms with van der Waals surface area (Å²) in [6.45, 7) is 4.07. The molecule has 1 saturated heterocycles. The normalized spacial score (nSPS) is 18.8. The fraction of sp³-hybridized carbons (Fsp3) is 0.448. The molecule has 9 nitrogen and oxygen atoms in total. The monoisotopic (exact) mass is 537 g/mol. The topological polar surface area (TPSA) is 125 Å². The van der Waals surface area contributed by atoms with Gasteiger partial charge in [-0.25, -0.2) is 4.39 Å². The Balaban J connectivity index is 1.40. The minimum absolute atomic E-state index is 0.142. The van der Waals surface area contributed by atoms with Gasteiger partial charge in [0.05, 0.1) is 0 Å². The third kappa shape index (κ3) is 7.20. The van der Waals surface area contributed by atoms with Crippen molar-refractivity contribution < 1.29 is 23.6 Å². The summed E-state index contributed by atoms with van der Waals surface area (Å²) >= 11 is 0. The van der Waals surface area contributed by atoms with Crippen molar-refractivity contribution in [2.24, 2.45) is 11.7 Å². The van der Waals surface area contributed by atoms with Crippen LogP contribution in [0.3, 0.4) is 0 Å². The average Bonchev–Trinajstić information content (AvgIpc) is 3.76. The van der Waals surface area contributed by atoms with Crippen molar-refractivity contribution in [3.8, 4) is 0 Å². The maximum atomic E-state index is 13.3. The highest BCUT2D eigenvalue weighted by Gasteiger charge is 2.43. The van der Waals surface area contributed by atoms with Crippen molar-refractivity contribution >= 4 is 29.3 Å². The van der Waals surface area contributed by atoms with Crippen LogP contribution in [0, 0.1) is 11.7 Å². The molecule has 4 N–H and O–H groups in total. The van der Waals surface area contributed by atoms with Gasteiger partial charge in [0.25, 0.3) is 0 Å². The second-order valence-corrected chi connectivity index (χ2v) is 10.5. The molecule has 2 aromatic carbocycles. The van der Waals surface area contributed by atoms with Crippen LogP contribution in [0.15, 0.2) is 54.6 Å². The predicted octanol–water partition coefficient (Wildman–Crippen LogP) is 2.07. The maximum absolute atomic E-state index is 13.3. The molecule has 1 aliphatic heterocycles. The highest BCUT2D eigenvalue weighted by molar-refractivity contribution is 6.36. The van der Waals surface area contributed by atoms with Crippen molar-refractivity contribution in [3.63, 3.8) is 0 Å². The second kappa shape index (κ2) is 12.4. The van der Waals surface area contributed by atoms with E-state index >= 15 is 0 Å². The number of nitrogens with two attached hydrogens (primary N) is 1. The lowest BCUT2D eigenvalue weighted by Crippen LogP contribution is -2.61. The Morgan fingerprint density at radius 1 is 0.974 bits per heavy atom. The van der Waals surface area contributed by atoms with Crippen LogP contribution in [-0.4, -0.2) is 70.7 Å². The zero-order valence-corrected chi connectivity index (χ0v) is 22.3. The summed E-state index contributed by atoms with van der Waals surface area (Å²) in [4.78, 5) is 54.4. The summed E-state index contributed by atoms with van der Waals surface area (Å²) in [5.41, 5.74) is 8.00. The zero-order chi connectivity index (χ0) is 28.1. The first-order chi connectivity index (χ1) is 18.6. The van der Waals surface area contributed by atoms with E-state index < -0.39 is 47.6 Å². The van der Waals surface area contributed by atoms with Gasteiger partial charge in [0.1, 0.15) is 11.9 Å². The van der Waals surface area contributed by atoms with Gasteiger partial charge in [-0.1, -0.05) is 37.3 Å². The molecule has 2 fully saturated rings. The summed E-state index contributed by atoms with van der Waals surface area (Å²) in [6, 6.07) is 13.2. The van der Waals surface area contributed by atoms with Crippen LogP contribution in [0.5, 0.6) is 0 Å². The molecule has 0 bridgehead atoms. The zero-order valence-electron chi connectivity index (χ0n) is 22.3. The number of hydrogen-bond acceptors (Lipinski definition) is 5. The Bertz CT molecular complexity index is 1190. The third-order valence-electron chi connectivity index (χ3n) is 7.45. The molecule has 1 saturated carbocycles. The van der Waals surface area contributed by atoms with Gasteiger partial charge >= 0.3 is 11.8 Å². The number of piperazine rings is 1. The van der Waals surface area contributed by atoms with Crippen molar-refractivity contribution in [1.82, 2.24) is 15.1 Å². The van der Waals surface area contributed by atoms with Crippen LogP contribution in [0.2, 0.25) is 0 Å². The lowest BCUT2D eigenvalue weighted by atomic mass is 9.92. The van der Waals surface area contributed by atoms with Gasteiger partial charge in [-0.2, -0.15) is 0 Å². The lowest BCUT2D eigenvalue weighted by Gasteiger charge is -2.37. The number of anilines is 1. The summed E-state index contributed by atoms with van der Waals surface area (Å²) in [5, 5.41) is 5.75. The summed E-state index contributed by atoms with van der Waals surface area (Å²) in [5.74, 6) is -2.78. The number of hydrogen-bond donors (Lipinski definition) is 3. The standard InChI is InChI=1S/C29H36FN5O4/c1-18(26(36)32-22-10-8-21(30)9-11-22)16-24(31)25(17-20-6-4-3-5-7-20)33-27(37)19(2)34-14-15-35(23-12-13-23)29(39)28(34)38/h3-11,18-19,23-25H,12-17,31H2,1-2H3,(H,32,36)(H,33,37)/t18-,19+,24+,25+/m1/s1. The summed E-state index contributed by atoms with van der Waals surface area (Å²) in [6.07, 6.45) is 2.52. The lowest BCUT2D eigenvalue weighted by molar-refractivity contribution is -0.159. The molecule has 208 valence electrons. The molecule has 2 aliphatic rings. The highest BCUT2D eigenvalue weighted by atomic mass is 19.1. The average molecular weight is 538 g/mol. The number of nitrogens with zero attached hydrogens (tertiary/aromatic N) is 2. The molecular weight excluding hydrogens is 501 g/mol. The number of carbonyl (C=O) groups excluding carboxylic acids is 4. The number of benzene rings is 2. The predicted molar refractivity (Wildman–Crippen MR) is 145 cm³/mol. The van der Waals surface area contributed by atoms with Gasteiger partial charge in [-0.15, -0.1) is 0 Å². The maximum Gasteiger partial charge on any atom is 0.312 e. The Morgan fingerprint density at radius 2 is 1.64 bits per heavy atom. The molecule has 2 aromatic rings. The van der Waals surface area contributed by atoms with Crippen molar-refractivity contribution in [1.29, 1.82) is 0 Å². The minimum atomic E-state index is -0.854. The van der Waals surface area contributed by atoms with E-state index in [2.05, 4.69) is 10.6 Å². The highest BCUT2D eigenvalue weighted by Crippen LogP contribution is 2.28. The van der Waals surface area contributed by atoms with Gasteiger partial charge in [0.2, 0.25) is 11.8 Å². The number of halogens is 1. The molecule has 0 aromatic heterocycles. The van der Waals surface area contributed by atoms with E-state index in [4.69, 9.17) is 5.73 Å². The molecule has 4 atom stereocenters. The van der Waals surface area contributed by atoms with Crippen molar-refractivity contribution in [2.75, 3.05) is 18.4 Å². The van der Waals surface area contributed by atoms with Crippen LogP contribution >= 0.6 is 0 Å². The number of nitrogens with one attached hydrogen (secondary N) is 2. The van der Waals surface area contributed by atoms with Crippen LogP contribution < -0.4 is 16.4 Å². The van der Waals surface area contributed by atoms with E-state index in [1.807, 2.05) is 30.3 Å². The van der Waals surface area contributed by atoms with E-state index in [1.54, 1.807) is 18.7 Å². The van der Waals surface area contributed by atoms with Crippen molar-refractivity contribution in [3.05, 3.63) is 66.0 Å². The van der Waals surface area contributed by atoms with E-state index in [0.29, 0.717) is 25.2 Å². The molecule has 10 heteroatoms. The molecule has 0 unspecified atom stereocenters. The quantitative estimate of drug-likeness (QED) is 0.379. The van der Waals surface area contributed by atoms with E-state index in [-0.39, 0.29) is 18.4 Å². The fourth-order valence-electron chi connectivity index (χ4n) is 4.87. The Kier molecular flexibility index (Phi) is 8.96. The molecular formula is C29H36FN5O4. The van der Waals surface area contributed by atoms with E-state index in [1.165, 1.54) is 29.2 Å². The van der Waals surface area contributed by atoms with Crippen molar-refractivity contribution in [2.45, 2.75) is 63.7 Å². The smallest absolute Gasteiger partial charge is 0.312 e. The number of amides is 4. The van der Waals surface area contributed by atoms with Gasteiger partial charge in [0, 0.05) is 42.8 Å². The van der Waals surface area contributed by atoms with E-state index in [9.17, 15) is 23.6 Å². The van der Waals surface area contributed by atoms with Crippen LogP contribution in [-0.2, 0) is 25.6 Å². The Morgan fingerprint density at radius 3 is 2.28 bits per heavy atom. The Hall–Kier alpha value is -3.79. The minimum Gasteiger partial charge on any atom is -0.350 e. The third-order valence-corrected chi connectivity index (χ3v) is 7.45. The first-order valence-corrected chi connectivity index (χ1v) is 13.4. The molecule has 1 heterocycles. The van der Waals surface area contributed by atoms with Gasteiger partial charge in [-0.05, 0) is 62.4 Å². The molecule has 1 aliphatic carbocycles. The molecule has 0 spiro atoms. The first-order valence-electron chi connectivity index (χ1n) is 13.4. The Labute approximate surface area is 227 Å².